The van der Waals surface area contributed by atoms with Crippen molar-refractivity contribution in [2.75, 3.05) is 23.7 Å². The molecule has 1 aliphatic rings. The molecule has 2 nitrogen and oxygen atoms in total. The number of benzene rings is 1. The molecular weight excluding hydrogens is 276 g/mol. The smallest absolute Gasteiger partial charge is 0.0471 e. The fraction of sp³-hybridized carbons (Fsp3) is 0.600. The summed E-state index contributed by atoms with van der Waals surface area (Å²) >= 11 is 8.45. The molecule has 0 aliphatic carbocycles. The van der Waals surface area contributed by atoms with Crippen molar-refractivity contribution >= 4 is 29.1 Å². The highest BCUT2D eigenvalue weighted by molar-refractivity contribution is 8.00. The van der Waals surface area contributed by atoms with E-state index < -0.39 is 0 Å². The highest BCUT2D eigenvalue weighted by Crippen LogP contribution is 2.27. The van der Waals surface area contributed by atoms with E-state index in [1.165, 1.54) is 17.0 Å². The second-order valence-electron chi connectivity index (χ2n) is 5.44. The van der Waals surface area contributed by atoms with Gasteiger partial charge in [-0.2, -0.15) is 11.8 Å². The minimum Gasteiger partial charge on any atom is -0.370 e. The van der Waals surface area contributed by atoms with Gasteiger partial charge in [-0.05, 0) is 17.7 Å². The zero-order valence-corrected chi connectivity index (χ0v) is 13.5. The summed E-state index contributed by atoms with van der Waals surface area (Å²) < 4.78 is 0. The van der Waals surface area contributed by atoms with Gasteiger partial charge in [0, 0.05) is 47.4 Å². The van der Waals surface area contributed by atoms with Crippen LogP contribution in [0.1, 0.15) is 26.3 Å². The Labute approximate surface area is 125 Å². The van der Waals surface area contributed by atoms with Crippen molar-refractivity contribution in [3.05, 3.63) is 28.8 Å². The number of anilines is 1. The molecule has 0 saturated carbocycles. The van der Waals surface area contributed by atoms with E-state index in [-0.39, 0.29) is 0 Å². The van der Waals surface area contributed by atoms with Crippen LogP contribution >= 0.6 is 23.4 Å². The second-order valence-corrected chi connectivity index (χ2v) is 7.39. The Balaban J connectivity index is 2.05. The van der Waals surface area contributed by atoms with Crippen LogP contribution in [0, 0.1) is 0 Å². The third-order valence-electron chi connectivity index (χ3n) is 3.34. The topological polar surface area (TPSA) is 15.3 Å². The summed E-state index contributed by atoms with van der Waals surface area (Å²) in [5, 5.41) is 4.98. The van der Waals surface area contributed by atoms with E-state index in [0.29, 0.717) is 11.3 Å². The normalized spacial score (nSPS) is 20.1. The Morgan fingerprint density at radius 2 is 2.26 bits per heavy atom. The predicted octanol–water partition coefficient (Wildman–Crippen LogP) is 3.78. The van der Waals surface area contributed by atoms with Crippen LogP contribution in [0.2, 0.25) is 5.02 Å². The Kier molecular flexibility index (Phi) is 5.43. The van der Waals surface area contributed by atoms with Crippen molar-refractivity contribution in [3.63, 3.8) is 0 Å². The molecule has 1 fully saturated rings. The average molecular weight is 299 g/mol. The summed E-state index contributed by atoms with van der Waals surface area (Å²) in [4.78, 5) is 2.44. The van der Waals surface area contributed by atoms with Crippen LogP contribution in [0.5, 0.6) is 0 Å². The van der Waals surface area contributed by atoms with Crippen LogP contribution in [-0.4, -0.2) is 30.1 Å². The van der Waals surface area contributed by atoms with Crippen LogP contribution < -0.4 is 10.2 Å². The SMILES string of the molecule is CC(C)NCc1ccc(N2CCSC(C)C2)cc1Cl. The van der Waals surface area contributed by atoms with E-state index >= 15 is 0 Å². The number of thioether (sulfide) groups is 1. The first kappa shape index (κ1) is 15.0. The molecule has 1 aliphatic heterocycles. The third kappa shape index (κ3) is 4.30. The van der Waals surface area contributed by atoms with E-state index in [1.807, 2.05) is 0 Å². The van der Waals surface area contributed by atoms with Crippen LogP contribution in [0.25, 0.3) is 0 Å². The van der Waals surface area contributed by atoms with E-state index in [4.69, 9.17) is 11.6 Å². The van der Waals surface area contributed by atoms with Gasteiger partial charge in [-0.15, -0.1) is 0 Å². The van der Waals surface area contributed by atoms with Gasteiger partial charge in [0.1, 0.15) is 0 Å². The summed E-state index contributed by atoms with van der Waals surface area (Å²) in [5.41, 5.74) is 2.43. The lowest BCUT2D eigenvalue weighted by Gasteiger charge is -2.32. The molecule has 0 aromatic heterocycles. The predicted molar refractivity (Wildman–Crippen MR) is 87.6 cm³/mol. The van der Waals surface area contributed by atoms with Crippen molar-refractivity contribution in [2.24, 2.45) is 0 Å². The lowest BCUT2D eigenvalue weighted by molar-refractivity contribution is 0.589. The van der Waals surface area contributed by atoms with Crippen molar-refractivity contribution in [1.29, 1.82) is 0 Å². The highest BCUT2D eigenvalue weighted by Gasteiger charge is 2.17. The monoisotopic (exact) mass is 298 g/mol. The summed E-state index contributed by atoms with van der Waals surface area (Å²) in [6, 6.07) is 6.95. The molecule has 1 aromatic rings. The molecule has 1 N–H and O–H groups in total. The van der Waals surface area contributed by atoms with E-state index in [9.17, 15) is 0 Å². The zero-order chi connectivity index (χ0) is 13.8. The third-order valence-corrected chi connectivity index (χ3v) is 4.83. The lowest BCUT2D eigenvalue weighted by atomic mass is 10.1. The van der Waals surface area contributed by atoms with Crippen molar-refractivity contribution < 1.29 is 0 Å². The van der Waals surface area contributed by atoms with Crippen LogP contribution in [-0.2, 0) is 6.54 Å². The molecule has 0 amide bonds. The second kappa shape index (κ2) is 6.87. The van der Waals surface area contributed by atoms with Gasteiger partial charge < -0.3 is 10.2 Å². The minimum absolute atomic E-state index is 0.482. The summed E-state index contributed by atoms with van der Waals surface area (Å²) in [6.45, 7) is 9.66. The first-order valence-corrected chi connectivity index (χ1v) is 8.37. The molecule has 0 spiro atoms. The van der Waals surface area contributed by atoms with Gasteiger partial charge in [0.25, 0.3) is 0 Å². The van der Waals surface area contributed by atoms with Crippen LogP contribution in [0.3, 0.4) is 0 Å². The number of rotatable bonds is 4. The number of hydrogen-bond donors (Lipinski definition) is 1. The molecule has 106 valence electrons. The first-order valence-electron chi connectivity index (χ1n) is 6.94. The number of nitrogens with one attached hydrogen (secondary N) is 1. The maximum Gasteiger partial charge on any atom is 0.0471 e. The van der Waals surface area contributed by atoms with E-state index in [0.717, 1.165) is 24.7 Å². The Morgan fingerprint density at radius 1 is 1.47 bits per heavy atom. The number of hydrogen-bond acceptors (Lipinski definition) is 3. The zero-order valence-electron chi connectivity index (χ0n) is 11.9. The summed E-state index contributed by atoms with van der Waals surface area (Å²) in [5.74, 6) is 1.20. The van der Waals surface area contributed by atoms with E-state index in [2.05, 4.69) is 60.9 Å². The highest BCUT2D eigenvalue weighted by atomic mass is 35.5. The molecule has 0 bridgehead atoms. The molecule has 1 unspecified atom stereocenters. The maximum absolute atomic E-state index is 6.40. The summed E-state index contributed by atoms with van der Waals surface area (Å²) in [6.07, 6.45) is 0. The largest absolute Gasteiger partial charge is 0.370 e. The maximum atomic E-state index is 6.40. The van der Waals surface area contributed by atoms with Gasteiger partial charge in [0.05, 0.1) is 0 Å². The van der Waals surface area contributed by atoms with Crippen molar-refractivity contribution in [3.8, 4) is 0 Å². The quantitative estimate of drug-likeness (QED) is 0.911. The van der Waals surface area contributed by atoms with Crippen LogP contribution in [0.15, 0.2) is 18.2 Å². The molecule has 0 radical (unpaired) electrons. The van der Waals surface area contributed by atoms with Gasteiger partial charge in [-0.3, -0.25) is 0 Å². The molecule has 1 saturated heterocycles. The van der Waals surface area contributed by atoms with Crippen molar-refractivity contribution in [1.82, 2.24) is 5.32 Å². The molecule has 1 aromatic carbocycles. The molecule has 19 heavy (non-hydrogen) atoms. The number of halogens is 1. The molecule has 1 atom stereocenters. The van der Waals surface area contributed by atoms with Gasteiger partial charge in [0.2, 0.25) is 0 Å². The Hall–Kier alpha value is -0.380. The molecular formula is C15H23ClN2S. The Bertz CT molecular complexity index is 423. The summed E-state index contributed by atoms with van der Waals surface area (Å²) in [7, 11) is 0. The first-order chi connectivity index (χ1) is 9.06. The number of nitrogens with zero attached hydrogens (tertiary/aromatic N) is 1. The van der Waals surface area contributed by atoms with Crippen LogP contribution in [0.4, 0.5) is 5.69 Å². The molecule has 2 rings (SSSR count). The van der Waals surface area contributed by atoms with Gasteiger partial charge >= 0.3 is 0 Å². The fourth-order valence-electron chi connectivity index (χ4n) is 2.24. The standard InChI is InChI=1S/C15H23ClN2S/c1-11(2)17-9-13-4-5-14(8-15(13)16)18-6-7-19-12(3)10-18/h4-5,8,11-12,17H,6-7,9-10H2,1-3H3. The fourth-order valence-corrected chi connectivity index (χ4v) is 3.50. The minimum atomic E-state index is 0.482. The Morgan fingerprint density at radius 3 is 2.89 bits per heavy atom. The average Bonchev–Trinajstić information content (AvgIpc) is 2.37. The van der Waals surface area contributed by atoms with Gasteiger partial charge in [-0.1, -0.05) is 38.4 Å². The molecule has 1 heterocycles. The molecule has 4 heteroatoms. The lowest BCUT2D eigenvalue weighted by Crippen LogP contribution is -2.36. The van der Waals surface area contributed by atoms with Crippen molar-refractivity contribution in [2.45, 2.75) is 38.6 Å². The van der Waals surface area contributed by atoms with Gasteiger partial charge in [-0.25, -0.2) is 0 Å². The van der Waals surface area contributed by atoms with Gasteiger partial charge in [0.15, 0.2) is 0 Å². The van der Waals surface area contributed by atoms with E-state index in [1.54, 1.807) is 0 Å².